The van der Waals surface area contributed by atoms with Gasteiger partial charge in [0.2, 0.25) is 0 Å². The Bertz CT molecular complexity index is 524. The van der Waals surface area contributed by atoms with E-state index < -0.39 is 11.9 Å². The van der Waals surface area contributed by atoms with Crippen molar-refractivity contribution in [3.63, 3.8) is 0 Å². The van der Waals surface area contributed by atoms with E-state index >= 15 is 0 Å². The van der Waals surface area contributed by atoms with Crippen LogP contribution in [0.5, 0.6) is 0 Å². The van der Waals surface area contributed by atoms with Crippen LogP contribution in [0.1, 0.15) is 194 Å². The number of carboxylic acid groups (broad SMARTS) is 2. The van der Waals surface area contributed by atoms with Gasteiger partial charge >= 0.3 is 27.3 Å². The maximum absolute atomic E-state index is 10.2. The number of aliphatic carboxylic acids is 2. The van der Waals surface area contributed by atoms with Crippen LogP contribution in [0, 0.1) is 0 Å². The summed E-state index contributed by atoms with van der Waals surface area (Å²) < 4.78 is 0. The molecule has 0 rings (SSSR count). The van der Waals surface area contributed by atoms with Gasteiger partial charge in [-0.15, -0.1) is 0 Å². The third-order valence-corrected chi connectivity index (χ3v) is 7.29. The smallest absolute Gasteiger partial charge is 0.550 e. The molecule has 0 saturated carbocycles. The monoisotopic (exact) mass is 676 g/mol. The van der Waals surface area contributed by atoms with Crippen molar-refractivity contribution in [2.75, 3.05) is 0 Å². The molecule has 0 aromatic heterocycles. The molecule has 0 atom stereocenters. The molecule has 0 aromatic carbocycles. The molecule has 236 valence electrons. The maximum Gasteiger partial charge on any atom is 2.00 e. The van der Waals surface area contributed by atoms with Gasteiger partial charge in [-0.1, -0.05) is 141 Å². The summed E-state index contributed by atoms with van der Waals surface area (Å²) in [5.41, 5.74) is 0. The Morgan fingerprint density at radius 3 is 0.854 bits per heavy atom. The number of carbonyl (C=O) groups is 2. The number of carbonyl (C=O) groups excluding carboxylic acids is 2. The predicted octanol–water partition coefficient (Wildman–Crippen LogP) is 9.55. The van der Waals surface area contributed by atoms with E-state index in [1.165, 1.54) is 128 Å². The van der Waals surface area contributed by atoms with E-state index in [0.717, 1.165) is 38.5 Å². The summed E-state index contributed by atoms with van der Waals surface area (Å²) in [7, 11) is 0. The molecule has 0 aromatic rings. The van der Waals surface area contributed by atoms with Gasteiger partial charge in [-0.3, -0.25) is 0 Å². The van der Waals surface area contributed by atoms with Gasteiger partial charge in [0, 0.05) is 11.9 Å². The normalized spacial score (nSPS) is 11.0. The number of carboxylic acids is 2. The number of hydrogen-bond acceptors (Lipinski definition) is 4. The minimum Gasteiger partial charge on any atom is -0.550 e. The second-order valence-corrected chi connectivity index (χ2v) is 11.4. The van der Waals surface area contributed by atoms with Gasteiger partial charge in [0.15, 0.2) is 0 Å². The summed E-state index contributed by atoms with van der Waals surface area (Å²) >= 11 is 0. The summed E-state index contributed by atoms with van der Waals surface area (Å²) in [4.78, 5) is 20.4. The Morgan fingerprint density at radius 2 is 0.610 bits per heavy atom. The summed E-state index contributed by atoms with van der Waals surface area (Å²) in [5, 5.41) is 20.4. The summed E-state index contributed by atoms with van der Waals surface area (Å²) in [6.07, 6.45) is 41.8. The van der Waals surface area contributed by atoms with Gasteiger partial charge in [-0.05, 0) is 77.0 Å². The van der Waals surface area contributed by atoms with Crippen molar-refractivity contribution >= 4 is 11.9 Å². The fourth-order valence-corrected chi connectivity index (χ4v) is 4.68. The number of unbranched alkanes of at least 4 members (excludes halogenated alkanes) is 22. The molecule has 41 heavy (non-hydrogen) atoms. The molecular weight excluding hydrogens is 609 g/mol. The molecule has 0 bridgehead atoms. The largest absolute Gasteiger partial charge is 2.00 e. The fourth-order valence-electron chi connectivity index (χ4n) is 4.68. The molecule has 0 fully saturated rings. The second-order valence-electron chi connectivity index (χ2n) is 11.4. The zero-order valence-electron chi connectivity index (χ0n) is 27.4. The molecule has 0 saturated heterocycles. The Morgan fingerprint density at radius 1 is 0.390 bits per heavy atom. The first-order valence-corrected chi connectivity index (χ1v) is 17.2. The average Bonchev–Trinajstić information content (AvgIpc) is 2.93. The van der Waals surface area contributed by atoms with Crippen LogP contribution in [0.2, 0.25) is 0 Å². The van der Waals surface area contributed by atoms with Crippen LogP contribution >= 0.6 is 0 Å². The minimum atomic E-state index is -0.914. The molecular formula is C36H66CdO4. The van der Waals surface area contributed by atoms with E-state index in [9.17, 15) is 19.8 Å². The van der Waals surface area contributed by atoms with Gasteiger partial charge in [0.05, 0.1) is 0 Å². The van der Waals surface area contributed by atoms with E-state index in [-0.39, 0.29) is 40.1 Å². The van der Waals surface area contributed by atoms with E-state index in [2.05, 4.69) is 38.2 Å². The fraction of sp³-hybridized carbons (Fsp3) is 0.833. The number of allylic oxidation sites excluding steroid dienone is 4. The van der Waals surface area contributed by atoms with Crippen molar-refractivity contribution < 1.29 is 47.1 Å². The maximum atomic E-state index is 10.2. The molecule has 0 spiro atoms. The van der Waals surface area contributed by atoms with Crippen LogP contribution in [0.3, 0.4) is 0 Å². The molecule has 0 unspecified atom stereocenters. The number of hydrogen-bond donors (Lipinski definition) is 0. The molecule has 0 aliphatic rings. The van der Waals surface area contributed by atoms with Gasteiger partial charge in [-0.25, -0.2) is 0 Å². The van der Waals surface area contributed by atoms with E-state index in [1.807, 2.05) is 0 Å². The standard InChI is InChI=1S/2C18H34O2.Cd/c2*1-2-3-4-5-6-7-8-9-10-11-12-13-14-15-16-17-18(19)20;/h2*9-10H,2-8,11-17H2,1H3,(H,19,20);/q;;+2/p-2. The molecule has 4 nitrogen and oxygen atoms in total. The molecule has 0 radical (unpaired) electrons. The van der Waals surface area contributed by atoms with Crippen LogP contribution in [-0.2, 0) is 36.9 Å². The van der Waals surface area contributed by atoms with Crippen molar-refractivity contribution in [2.24, 2.45) is 0 Å². The zero-order valence-corrected chi connectivity index (χ0v) is 31.5. The van der Waals surface area contributed by atoms with Gasteiger partial charge in [0.25, 0.3) is 0 Å². The zero-order chi connectivity index (χ0) is 29.8. The van der Waals surface area contributed by atoms with Crippen molar-refractivity contribution in [3.05, 3.63) is 24.3 Å². The van der Waals surface area contributed by atoms with Crippen LogP contribution in [-0.4, -0.2) is 11.9 Å². The van der Waals surface area contributed by atoms with Crippen molar-refractivity contribution in [2.45, 2.75) is 194 Å². The average molecular weight is 675 g/mol. The van der Waals surface area contributed by atoms with Gasteiger partial charge in [-0.2, -0.15) is 0 Å². The molecule has 0 N–H and O–H groups in total. The summed E-state index contributed by atoms with van der Waals surface area (Å²) in [5.74, 6) is -1.83. The molecule has 0 heterocycles. The SMILES string of the molecule is CCCCCCCCC=CCCCCCCCC(=O)[O-].CCCCCCCCC=CCCCCCCCC(=O)[O-].[Cd+2]. The topological polar surface area (TPSA) is 80.3 Å². The Labute approximate surface area is 275 Å². The Kier molecular flexibility index (Phi) is 45.3. The third kappa shape index (κ3) is 49.3. The minimum absolute atomic E-state index is 0. The Balaban J connectivity index is -0.000000688. The predicted molar refractivity (Wildman–Crippen MR) is 169 cm³/mol. The first-order valence-electron chi connectivity index (χ1n) is 17.2. The second kappa shape index (κ2) is 41.5. The molecule has 0 amide bonds. The summed E-state index contributed by atoms with van der Waals surface area (Å²) in [6.45, 7) is 4.51. The van der Waals surface area contributed by atoms with E-state index in [4.69, 9.17) is 0 Å². The van der Waals surface area contributed by atoms with Crippen molar-refractivity contribution in [1.29, 1.82) is 0 Å². The van der Waals surface area contributed by atoms with Crippen LogP contribution in [0.15, 0.2) is 24.3 Å². The first-order chi connectivity index (χ1) is 19.5. The van der Waals surface area contributed by atoms with Gasteiger partial charge in [0.1, 0.15) is 0 Å². The van der Waals surface area contributed by atoms with Crippen LogP contribution in [0.4, 0.5) is 0 Å². The van der Waals surface area contributed by atoms with E-state index in [1.54, 1.807) is 0 Å². The van der Waals surface area contributed by atoms with Crippen molar-refractivity contribution in [1.82, 2.24) is 0 Å². The first kappa shape index (κ1) is 44.8. The van der Waals surface area contributed by atoms with Crippen LogP contribution in [0.25, 0.3) is 0 Å². The van der Waals surface area contributed by atoms with Gasteiger partial charge < -0.3 is 19.8 Å². The Hall–Kier alpha value is -0.658. The number of rotatable bonds is 30. The molecule has 0 aliphatic heterocycles. The van der Waals surface area contributed by atoms with E-state index in [0.29, 0.717) is 0 Å². The quantitative estimate of drug-likeness (QED) is 0.0432. The van der Waals surface area contributed by atoms with Crippen LogP contribution < -0.4 is 10.2 Å². The molecule has 0 aliphatic carbocycles. The summed E-state index contributed by atoms with van der Waals surface area (Å²) in [6, 6.07) is 0. The third-order valence-electron chi connectivity index (χ3n) is 7.29. The van der Waals surface area contributed by atoms with Crippen molar-refractivity contribution in [3.8, 4) is 0 Å². The molecule has 5 heteroatoms.